The fourth-order valence-corrected chi connectivity index (χ4v) is 2.04. The van der Waals surface area contributed by atoms with Gasteiger partial charge in [-0.3, -0.25) is 4.99 Å². The Bertz CT molecular complexity index is 213. The topological polar surface area (TPSA) is 38.4 Å². The Kier molecular flexibility index (Phi) is 3.57. The maximum atomic E-state index is 6.00. The van der Waals surface area contributed by atoms with Crippen LogP contribution in [0, 0.1) is 11.3 Å². The van der Waals surface area contributed by atoms with Gasteiger partial charge in [0.25, 0.3) is 0 Å². The lowest BCUT2D eigenvalue weighted by Crippen LogP contribution is -2.31. The van der Waals surface area contributed by atoms with Crippen molar-refractivity contribution in [3.8, 4) is 0 Å². The lowest BCUT2D eigenvalue weighted by molar-refractivity contribution is 0.461. The number of amidine groups is 1. The number of aliphatic imine (C=N–C) groups is 1. The molecule has 1 rings (SSSR count). The third-order valence-corrected chi connectivity index (χ3v) is 3.22. The molecule has 2 atom stereocenters. The second-order valence-corrected chi connectivity index (χ2v) is 5.43. The van der Waals surface area contributed by atoms with Gasteiger partial charge in [-0.15, -0.1) is 0 Å². The Morgan fingerprint density at radius 3 is 2.50 bits per heavy atom. The summed E-state index contributed by atoms with van der Waals surface area (Å²) in [6.07, 6.45) is 5.13. The van der Waals surface area contributed by atoms with Crippen molar-refractivity contribution in [1.29, 1.82) is 0 Å². The molecular formula is C12H24N2. The second kappa shape index (κ2) is 4.33. The van der Waals surface area contributed by atoms with Crippen LogP contribution in [0.2, 0.25) is 0 Å². The van der Waals surface area contributed by atoms with Gasteiger partial charge in [0.1, 0.15) is 0 Å². The zero-order chi connectivity index (χ0) is 10.8. The minimum atomic E-state index is 0.0287. The average Bonchev–Trinajstić information content (AvgIpc) is 2.50. The highest BCUT2D eigenvalue weighted by molar-refractivity contribution is 5.85. The molecule has 1 saturated carbocycles. The normalized spacial score (nSPS) is 29.6. The van der Waals surface area contributed by atoms with Crippen molar-refractivity contribution in [3.05, 3.63) is 0 Å². The molecule has 0 radical (unpaired) electrons. The molecule has 0 saturated heterocycles. The molecule has 0 aromatic carbocycles. The first-order valence-electron chi connectivity index (χ1n) is 5.79. The molecule has 0 heterocycles. The van der Waals surface area contributed by atoms with Crippen molar-refractivity contribution in [2.24, 2.45) is 22.1 Å². The maximum absolute atomic E-state index is 6.00. The number of nitrogens with zero attached hydrogens (tertiary/aromatic N) is 1. The largest absolute Gasteiger partial charge is 0.387 e. The summed E-state index contributed by atoms with van der Waals surface area (Å²) in [4.78, 5) is 4.69. The van der Waals surface area contributed by atoms with Crippen molar-refractivity contribution in [1.82, 2.24) is 0 Å². The van der Waals surface area contributed by atoms with Crippen molar-refractivity contribution < 1.29 is 0 Å². The van der Waals surface area contributed by atoms with Crippen LogP contribution >= 0.6 is 0 Å². The molecule has 2 N–H and O–H groups in total. The fraction of sp³-hybridized carbons (Fsp3) is 0.917. The van der Waals surface area contributed by atoms with E-state index in [2.05, 4.69) is 27.7 Å². The van der Waals surface area contributed by atoms with Crippen molar-refractivity contribution in [3.63, 3.8) is 0 Å². The molecule has 0 spiro atoms. The third kappa shape index (κ3) is 2.73. The Labute approximate surface area is 88.0 Å². The highest BCUT2D eigenvalue weighted by Crippen LogP contribution is 2.31. The monoisotopic (exact) mass is 196 g/mol. The molecular weight excluding hydrogens is 172 g/mol. The molecule has 0 aromatic rings. The van der Waals surface area contributed by atoms with Gasteiger partial charge in [-0.05, 0) is 18.8 Å². The Morgan fingerprint density at radius 2 is 2.00 bits per heavy atom. The Balaban J connectivity index is 2.66. The molecule has 0 aliphatic heterocycles. The maximum Gasteiger partial charge on any atom is 0.0994 e. The van der Waals surface area contributed by atoms with E-state index < -0.39 is 0 Å². The molecule has 2 unspecified atom stereocenters. The summed E-state index contributed by atoms with van der Waals surface area (Å²) in [6, 6.07) is 0.499. The quantitative estimate of drug-likeness (QED) is 0.535. The molecule has 1 aliphatic carbocycles. The van der Waals surface area contributed by atoms with Gasteiger partial charge < -0.3 is 5.73 Å². The van der Waals surface area contributed by atoms with Gasteiger partial charge in [-0.25, -0.2) is 0 Å². The first-order valence-corrected chi connectivity index (χ1v) is 5.79. The summed E-state index contributed by atoms with van der Waals surface area (Å²) in [5, 5.41) is 0. The minimum Gasteiger partial charge on any atom is -0.387 e. The summed E-state index contributed by atoms with van der Waals surface area (Å²) in [7, 11) is 0. The molecule has 0 amide bonds. The predicted octanol–water partition coefficient (Wildman–Crippen LogP) is 2.97. The summed E-state index contributed by atoms with van der Waals surface area (Å²) in [6.45, 7) is 8.64. The zero-order valence-electron chi connectivity index (χ0n) is 10.0. The van der Waals surface area contributed by atoms with Crippen LogP contribution in [0.25, 0.3) is 0 Å². The summed E-state index contributed by atoms with van der Waals surface area (Å²) in [5.74, 6) is 1.60. The Hall–Kier alpha value is -0.530. The van der Waals surface area contributed by atoms with E-state index in [9.17, 15) is 0 Å². The number of hydrogen-bond donors (Lipinski definition) is 1. The lowest BCUT2D eigenvalue weighted by atomic mass is 9.94. The summed E-state index contributed by atoms with van der Waals surface area (Å²) < 4.78 is 0. The summed E-state index contributed by atoms with van der Waals surface area (Å²) in [5.41, 5.74) is 6.03. The minimum absolute atomic E-state index is 0.0287. The predicted molar refractivity (Wildman–Crippen MR) is 62.5 cm³/mol. The van der Waals surface area contributed by atoms with Gasteiger partial charge in [0.15, 0.2) is 0 Å². The molecule has 82 valence electrons. The van der Waals surface area contributed by atoms with Crippen LogP contribution in [-0.2, 0) is 0 Å². The molecule has 0 aromatic heterocycles. The third-order valence-electron chi connectivity index (χ3n) is 3.22. The van der Waals surface area contributed by atoms with Crippen LogP contribution in [0.1, 0.15) is 53.4 Å². The van der Waals surface area contributed by atoms with Crippen LogP contribution in [0.3, 0.4) is 0 Å². The molecule has 0 bridgehead atoms. The average molecular weight is 196 g/mol. The van der Waals surface area contributed by atoms with Gasteiger partial charge in [0.05, 0.1) is 11.9 Å². The first kappa shape index (κ1) is 11.5. The molecule has 1 fully saturated rings. The van der Waals surface area contributed by atoms with E-state index >= 15 is 0 Å². The van der Waals surface area contributed by atoms with Crippen LogP contribution in [0.4, 0.5) is 0 Å². The fourth-order valence-electron chi connectivity index (χ4n) is 2.04. The molecule has 2 nitrogen and oxygen atoms in total. The van der Waals surface area contributed by atoms with Gasteiger partial charge in [-0.1, -0.05) is 40.5 Å². The summed E-state index contributed by atoms with van der Waals surface area (Å²) >= 11 is 0. The zero-order valence-corrected chi connectivity index (χ0v) is 10.0. The van der Waals surface area contributed by atoms with Gasteiger partial charge in [0, 0.05) is 5.41 Å². The standard InChI is InChI=1S/C12H24N2/c1-5-9-7-6-8-10(9)14-11(13)12(2,3)4/h9-10H,5-8H2,1-4H3,(H2,13,14). The number of rotatable bonds is 2. The second-order valence-electron chi connectivity index (χ2n) is 5.43. The van der Waals surface area contributed by atoms with Crippen molar-refractivity contribution in [2.45, 2.75) is 59.4 Å². The van der Waals surface area contributed by atoms with Crippen LogP contribution in [0.5, 0.6) is 0 Å². The van der Waals surface area contributed by atoms with E-state index in [0.29, 0.717) is 6.04 Å². The van der Waals surface area contributed by atoms with Gasteiger partial charge in [-0.2, -0.15) is 0 Å². The number of hydrogen-bond acceptors (Lipinski definition) is 1. The van der Waals surface area contributed by atoms with Crippen molar-refractivity contribution in [2.75, 3.05) is 0 Å². The van der Waals surface area contributed by atoms with E-state index in [1.807, 2.05) is 0 Å². The van der Waals surface area contributed by atoms with E-state index in [1.54, 1.807) is 0 Å². The van der Waals surface area contributed by atoms with E-state index in [0.717, 1.165) is 11.8 Å². The van der Waals surface area contributed by atoms with E-state index in [4.69, 9.17) is 10.7 Å². The Morgan fingerprint density at radius 1 is 1.36 bits per heavy atom. The lowest BCUT2D eigenvalue weighted by Gasteiger charge is -2.21. The van der Waals surface area contributed by atoms with Gasteiger partial charge in [0.2, 0.25) is 0 Å². The van der Waals surface area contributed by atoms with E-state index in [1.165, 1.54) is 25.7 Å². The molecule has 1 aliphatic rings. The first-order chi connectivity index (χ1) is 6.45. The van der Waals surface area contributed by atoms with Crippen molar-refractivity contribution >= 4 is 5.84 Å². The smallest absolute Gasteiger partial charge is 0.0994 e. The number of nitrogens with two attached hydrogens (primary N) is 1. The highest BCUT2D eigenvalue weighted by Gasteiger charge is 2.27. The SMILES string of the molecule is CCC1CCCC1N=C(N)C(C)(C)C. The van der Waals surface area contributed by atoms with Crippen LogP contribution < -0.4 is 5.73 Å². The van der Waals surface area contributed by atoms with Crippen LogP contribution in [-0.4, -0.2) is 11.9 Å². The molecule has 14 heavy (non-hydrogen) atoms. The van der Waals surface area contributed by atoms with E-state index in [-0.39, 0.29) is 5.41 Å². The van der Waals surface area contributed by atoms with Gasteiger partial charge >= 0.3 is 0 Å². The van der Waals surface area contributed by atoms with Crippen LogP contribution in [0.15, 0.2) is 4.99 Å². The highest BCUT2D eigenvalue weighted by atomic mass is 14.9. The molecule has 2 heteroatoms.